The van der Waals surface area contributed by atoms with Gasteiger partial charge in [0.05, 0.1) is 26.4 Å². The van der Waals surface area contributed by atoms with Gasteiger partial charge < -0.3 is 33.8 Å². The van der Waals surface area contributed by atoms with Crippen molar-refractivity contribution in [3.8, 4) is 0 Å². The Kier molecular flexibility index (Phi) is 74.3. The maximum absolute atomic E-state index is 13.1. The number of aliphatic hydroxyl groups excluding tert-OH is 1. The van der Waals surface area contributed by atoms with Crippen LogP contribution in [0.25, 0.3) is 0 Å². The molecule has 0 amide bonds. The average molecular weight is 1530 g/mol. The SMILES string of the molecule is CC/C=C\C/C=C\C/C=C\C/C=C\C/C=C\CCCCCC(=O)OCC(COP(=O)(O)OCC(O)COP(=O)(O)OCC(COC(=O)CCCCC/C=C\C/C=C\C/C=C\C/C=C\C/C=C\CC)OC(=O)CCCCCCCCCCCCCCCCC)OC(=O)CCCCCCC/C=C\C/C=C\CCC. The Balaban J connectivity index is 5.41. The average Bonchev–Trinajstić information content (AvgIpc) is 0.901. The monoisotopic (exact) mass is 1530 g/mol. The summed E-state index contributed by atoms with van der Waals surface area (Å²) >= 11 is 0. The van der Waals surface area contributed by atoms with Crippen LogP contribution in [0.2, 0.25) is 0 Å². The van der Waals surface area contributed by atoms with Crippen LogP contribution in [0.4, 0.5) is 0 Å². The fourth-order valence-corrected chi connectivity index (χ4v) is 12.2. The van der Waals surface area contributed by atoms with Crippen molar-refractivity contribution in [1.29, 1.82) is 0 Å². The molecule has 0 aromatic heterocycles. The summed E-state index contributed by atoms with van der Waals surface area (Å²) in [6.45, 7) is 4.51. The summed E-state index contributed by atoms with van der Waals surface area (Å²) in [6, 6.07) is 0. The van der Waals surface area contributed by atoms with E-state index in [-0.39, 0.29) is 25.7 Å². The number of esters is 4. The molecule has 0 radical (unpaired) electrons. The number of phosphoric acid groups is 2. The molecule has 0 fully saturated rings. The van der Waals surface area contributed by atoms with E-state index < -0.39 is 97.5 Å². The summed E-state index contributed by atoms with van der Waals surface area (Å²) in [5, 5.41) is 10.7. The van der Waals surface area contributed by atoms with E-state index in [1.807, 2.05) is 0 Å². The van der Waals surface area contributed by atoms with Crippen molar-refractivity contribution in [1.82, 2.24) is 0 Å². The molecule has 0 aromatic rings. The van der Waals surface area contributed by atoms with E-state index in [9.17, 15) is 43.2 Å². The number of rotatable bonds is 76. The Labute approximate surface area is 643 Å². The van der Waals surface area contributed by atoms with Gasteiger partial charge in [-0.3, -0.25) is 37.3 Å². The molecule has 0 aliphatic heterocycles. The first-order valence-corrected chi connectivity index (χ1v) is 44.1. The van der Waals surface area contributed by atoms with Crippen LogP contribution in [-0.2, 0) is 65.4 Å². The zero-order chi connectivity index (χ0) is 77.4. The molecule has 5 unspecified atom stereocenters. The molecule has 0 aliphatic rings. The van der Waals surface area contributed by atoms with Crippen molar-refractivity contribution in [2.75, 3.05) is 39.6 Å². The number of carbonyl (C=O) groups is 4. The Morgan fingerprint density at radius 2 is 0.509 bits per heavy atom. The number of unbranched alkanes of at least 4 members (excludes halogenated alkanes) is 26. The summed E-state index contributed by atoms with van der Waals surface area (Å²) in [4.78, 5) is 73.1. The zero-order valence-corrected chi connectivity index (χ0v) is 68.1. The van der Waals surface area contributed by atoms with Gasteiger partial charge in [0.2, 0.25) is 0 Å². The Bertz CT molecular complexity index is 2580. The number of allylic oxidation sites excluding steroid dienone is 24. The largest absolute Gasteiger partial charge is 0.472 e. The molecule has 5 atom stereocenters. The van der Waals surface area contributed by atoms with Crippen LogP contribution in [-0.4, -0.2) is 96.7 Å². The van der Waals surface area contributed by atoms with E-state index >= 15 is 0 Å². The van der Waals surface area contributed by atoms with Gasteiger partial charge in [-0.1, -0.05) is 302 Å². The maximum atomic E-state index is 13.1. The number of carbonyl (C=O) groups excluding carboxylic acids is 4. The standard InChI is InChI=1S/C87H146O17P2/c1-5-9-13-17-21-25-29-33-36-38-40-42-45-48-51-55-59-63-67-71-84(89)97-77-82(103-86(91)73-69-65-61-57-53-47-32-28-24-20-16-12-8-4)79-101-105(93,94)99-75-81(88)76-100-106(95,96)102-80-83(104-87(92)74-70-66-62-58-54-50-44-35-31-27-23-19-15-11-7-3)78-98-85(90)72-68-64-60-56-52-49-46-43-41-39-37-34-30-26-22-18-14-10-6-2/h9-10,13-14,16,20-22,25-26,28,32-34,36-37,40-43,48-49,51-52,81-83,88H,5-8,11-12,15,17-19,23-24,27,29-31,35,38-39,44-47,50,53-80H2,1-4H3,(H,93,94)(H,95,96)/b13-9-,14-10-,20-16-,25-21-,26-22-,32-28-,36-33-,37-34-,42-40-,43-41-,51-48-,52-49-. The van der Waals surface area contributed by atoms with Crippen LogP contribution >= 0.6 is 15.6 Å². The van der Waals surface area contributed by atoms with Crippen LogP contribution in [0, 0.1) is 0 Å². The fourth-order valence-electron chi connectivity index (χ4n) is 10.6. The topological polar surface area (TPSA) is 237 Å². The van der Waals surface area contributed by atoms with Crippen LogP contribution in [0.1, 0.15) is 323 Å². The molecule has 0 aliphatic carbocycles. The highest BCUT2D eigenvalue weighted by atomic mass is 31.2. The molecule has 0 saturated carbocycles. The van der Waals surface area contributed by atoms with E-state index in [0.717, 1.165) is 180 Å². The minimum Gasteiger partial charge on any atom is -0.462 e. The molecule has 0 aromatic carbocycles. The zero-order valence-electron chi connectivity index (χ0n) is 66.3. The highest BCUT2D eigenvalue weighted by molar-refractivity contribution is 7.47. The van der Waals surface area contributed by atoms with E-state index in [1.165, 1.54) is 64.2 Å². The van der Waals surface area contributed by atoms with Crippen molar-refractivity contribution in [2.24, 2.45) is 0 Å². The molecule has 19 heteroatoms. The van der Waals surface area contributed by atoms with Gasteiger partial charge in [-0.2, -0.15) is 0 Å². The van der Waals surface area contributed by atoms with E-state index in [1.54, 1.807) is 0 Å². The number of ether oxygens (including phenoxy) is 4. The van der Waals surface area contributed by atoms with Gasteiger partial charge in [-0.15, -0.1) is 0 Å². The molecule has 106 heavy (non-hydrogen) atoms. The van der Waals surface area contributed by atoms with Gasteiger partial charge in [0.25, 0.3) is 0 Å². The van der Waals surface area contributed by atoms with Gasteiger partial charge in [0.1, 0.15) is 19.3 Å². The second-order valence-electron chi connectivity index (χ2n) is 27.0. The van der Waals surface area contributed by atoms with Crippen LogP contribution < -0.4 is 0 Å². The molecule has 0 saturated heterocycles. The predicted molar refractivity (Wildman–Crippen MR) is 436 cm³/mol. The molecule has 0 bridgehead atoms. The molecule has 606 valence electrons. The van der Waals surface area contributed by atoms with Gasteiger partial charge in [-0.05, 0) is 141 Å². The Morgan fingerprint density at radius 3 is 0.802 bits per heavy atom. The van der Waals surface area contributed by atoms with Crippen LogP contribution in [0.5, 0.6) is 0 Å². The lowest BCUT2D eigenvalue weighted by Crippen LogP contribution is -2.30. The van der Waals surface area contributed by atoms with Crippen molar-refractivity contribution < 1.29 is 80.2 Å². The lowest BCUT2D eigenvalue weighted by molar-refractivity contribution is -0.161. The molecule has 3 N–H and O–H groups in total. The number of hydrogen-bond acceptors (Lipinski definition) is 15. The summed E-state index contributed by atoms with van der Waals surface area (Å²) in [7, 11) is -9.99. The number of hydrogen-bond donors (Lipinski definition) is 3. The van der Waals surface area contributed by atoms with E-state index in [0.29, 0.717) is 25.7 Å². The molecular weight excluding hydrogens is 1380 g/mol. The Morgan fingerprint density at radius 1 is 0.274 bits per heavy atom. The van der Waals surface area contributed by atoms with Gasteiger partial charge in [-0.25, -0.2) is 9.13 Å². The summed E-state index contributed by atoms with van der Waals surface area (Å²) < 4.78 is 68.6. The van der Waals surface area contributed by atoms with E-state index in [4.69, 9.17) is 37.0 Å². The van der Waals surface area contributed by atoms with Crippen molar-refractivity contribution in [3.63, 3.8) is 0 Å². The first-order chi connectivity index (χ1) is 51.7. The lowest BCUT2D eigenvalue weighted by atomic mass is 10.0. The summed E-state index contributed by atoms with van der Waals surface area (Å²) in [5.74, 6) is -2.26. The summed E-state index contributed by atoms with van der Waals surface area (Å²) in [5.41, 5.74) is 0. The minimum absolute atomic E-state index is 0.0669. The fraction of sp³-hybridized carbons (Fsp3) is 0.678. The van der Waals surface area contributed by atoms with Crippen LogP contribution in [0.15, 0.2) is 146 Å². The van der Waals surface area contributed by atoms with E-state index in [2.05, 4.69) is 174 Å². The van der Waals surface area contributed by atoms with Gasteiger partial charge in [0.15, 0.2) is 12.2 Å². The van der Waals surface area contributed by atoms with Crippen molar-refractivity contribution in [3.05, 3.63) is 146 Å². The van der Waals surface area contributed by atoms with Crippen molar-refractivity contribution in [2.45, 2.75) is 341 Å². The predicted octanol–water partition coefficient (Wildman–Crippen LogP) is 24.2. The molecule has 0 rings (SSSR count). The van der Waals surface area contributed by atoms with Crippen LogP contribution in [0.3, 0.4) is 0 Å². The number of aliphatic hydroxyl groups is 1. The number of phosphoric ester groups is 2. The third-order valence-electron chi connectivity index (χ3n) is 16.8. The highest BCUT2D eigenvalue weighted by Crippen LogP contribution is 2.45. The molecular formula is C87H146O17P2. The van der Waals surface area contributed by atoms with Crippen molar-refractivity contribution >= 4 is 39.5 Å². The third-order valence-corrected chi connectivity index (χ3v) is 18.7. The Hall–Kier alpha value is -5.06. The quantitative estimate of drug-likeness (QED) is 0.0169. The first-order valence-electron chi connectivity index (χ1n) is 41.1. The maximum Gasteiger partial charge on any atom is 0.472 e. The molecule has 0 heterocycles. The highest BCUT2D eigenvalue weighted by Gasteiger charge is 2.30. The first kappa shape index (κ1) is 101. The smallest absolute Gasteiger partial charge is 0.462 e. The minimum atomic E-state index is -4.99. The second kappa shape index (κ2) is 78.1. The second-order valence-corrected chi connectivity index (χ2v) is 29.9. The molecule has 17 nitrogen and oxygen atoms in total. The molecule has 0 spiro atoms. The third kappa shape index (κ3) is 77.1. The summed E-state index contributed by atoms with van der Waals surface area (Å²) in [6.07, 6.45) is 89.6. The van der Waals surface area contributed by atoms with Gasteiger partial charge >= 0.3 is 39.5 Å². The lowest BCUT2D eigenvalue weighted by Gasteiger charge is -2.21. The normalized spacial score (nSPS) is 14.6. The van der Waals surface area contributed by atoms with Gasteiger partial charge in [0, 0.05) is 25.7 Å².